The first-order valence-electron chi connectivity index (χ1n) is 8.19. The summed E-state index contributed by atoms with van der Waals surface area (Å²) >= 11 is 1.40. The molecule has 0 fully saturated rings. The van der Waals surface area contributed by atoms with Crippen molar-refractivity contribution >= 4 is 34.2 Å². The molecule has 6 heteroatoms. The number of imidazole rings is 1. The molecular formula is C20H17N3O2S. The zero-order chi connectivity index (χ0) is 17.9. The van der Waals surface area contributed by atoms with Gasteiger partial charge in [-0.15, -0.1) is 11.3 Å². The summed E-state index contributed by atoms with van der Waals surface area (Å²) in [5.74, 6) is 1.18. The Morgan fingerprint density at radius 3 is 2.73 bits per heavy atom. The van der Waals surface area contributed by atoms with E-state index in [4.69, 9.17) is 4.74 Å². The molecule has 0 saturated carbocycles. The molecule has 0 bridgehead atoms. The maximum absolute atomic E-state index is 12.5. The summed E-state index contributed by atoms with van der Waals surface area (Å²) in [6, 6.07) is 19.3. The molecule has 2 aromatic carbocycles. The highest BCUT2D eigenvalue weighted by molar-refractivity contribution is 7.12. The van der Waals surface area contributed by atoms with E-state index in [2.05, 4.69) is 10.3 Å². The second-order valence-corrected chi connectivity index (χ2v) is 6.77. The number of nitrogens with zero attached hydrogens (tertiary/aromatic N) is 2. The van der Waals surface area contributed by atoms with Crippen molar-refractivity contribution in [2.75, 3.05) is 5.32 Å². The first-order chi connectivity index (χ1) is 12.7. The molecule has 0 spiro atoms. The lowest BCUT2D eigenvalue weighted by atomic mass is 10.3. The van der Waals surface area contributed by atoms with Crippen LogP contribution >= 0.6 is 11.3 Å². The summed E-state index contributed by atoms with van der Waals surface area (Å²) in [6.45, 7) is 0.431. The van der Waals surface area contributed by atoms with Gasteiger partial charge in [-0.3, -0.25) is 10.1 Å². The lowest BCUT2D eigenvalue weighted by molar-refractivity contribution is 0.102. The number of thiophene rings is 1. The van der Waals surface area contributed by atoms with E-state index >= 15 is 0 Å². The molecule has 0 saturated heterocycles. The van der Waals surface area contributed by atoms with Crippen LogP contribution in [0.2, 0.25) is 0 Å². The molecule has 2 aromatic heterocycles. The van der Waals surface area contributed by atoms with Gasteiger partial charge in [-0.2, -0.15) is 0 Å². The van der Waals surface area contributed by atoms with Crippen LogP contribution in [-0.4, -0.2) is 15.5 Å². The number of hydrogen-bond acceptors (Lipinski definition) is 4. The number of anilines is 1. The van der Waals surface area contributed by atoms with E-state index in [-0.39, 0.29) is 5.91 Å². The Morgan fingerprint density at radius 2 is 1.92 bits per heavy atom. The summed E-state index contributed by atoms with van der Waals surface area (Å²) in [6.07, 6.45) is 0. The molecule has 0 aliphatic heterocycles. The van der Waals surface area contributed by atoms with Gasteiger partial charge in [0.25, 0.3) is 5.91 Å². The fraction of sp³-hybridized carbons (Fsp3) is 0.100. The molecule has 26 heavy (non-hydrogen) atoms. The topological polar surface area (TPSA) is 56.2 Å². The third-order valence-corrected chi connectivity index (χ3v) is 5.02. The minimum atomic E-state index is -0.167. The van der Waals surface area contributed by atoms with Crippen LogP contribution in [0.25, 0.3) is 11.0 Å². The number of nitrogens with one attached hydrogen (secondary N) is 1. The fourth-order valence-electron chi connectivity index (χ4n) is 2.67. The molecule has 0 radical (unpaired) electrons. The number of hydrogen-bond donors (Lipinski definition) is 1. The van der Waals surface area contributed by atoms with Gasteiger partial charge in [0.2, 0.25) is 5.95 Å². The second kappa shape index (κ2) is 7.01. The molecule has 130 valence electrons. The van der Waals surface area contributed by atoms with Gasteiger partial charge in [0.1, 0.15) is 12.4 Å². The van der Waals surface area contributed by atoms with E-state index in [0.29, 0.717) is 17.4 Å². The Balaban J connectivity index is 1.45. The minimum absolute atomic E-state index is 0.167. The van der Waals surface area contributed by atoms with Gasteiger partial charge in [0, 0.05) is 12.6 Å². The quantitative estimate of drug-likeness (QED) is 0.569. The molecule has 5 nitrogen and oxygen atoms in total. The Kier molecular flexibility index (Phi) is 4.41. The maximum Gasteiger partial charge on any atom is 0.268 e. The van der Waals surface area contributed by atoms with E-state index in [1.807, 2.05) is 77.7 Å². The van der Waals surface area contributed by atoms with Gasteiger partial charge in [-0.25, -0.2) is 4.98 Å². The van der Waals surface area contributed by atoms with E-state index in [9.17, 15) is 4.79 Å². The third kappa shape index (κ3) is 3.32. The van der Waals surface area contributed by atoms with Crippen LogP contribution in [0.5, 0.6) is 5.75 Å². The van der Waals surface area contributed by atoms with E-state index in [0.717, 1.165) is 22.3 Å². The van der Waals surface area contributed by atoms with Crippen molar-refractivity contribution in [1.29, 1.82) is 0 Å². The Morgan fingerprint density at radius 1 is 1.15 bits per heavy atom. The van der Waals surface area contributed by atoms with Gasteiger partial charge in [-0.1, -0.05) is 30.3 Å². The molecule has 0 unspecified atom stereocenters. The standard InChI is InChI=1S/C20H17N3O2S/c1-23-17-10-6-5-9-16(17)21-20(23)22-19(24)18-11-14(13-26-18)12-25-15-7-3-2-4-8-15/h2-11,13H,12H2,1H3,(H,21,22,24). The summed E-state index contributed by atoms with van der Waals surface area (Å²) in [7, 11) is 1.89. The predicted molar refractivity (Wildman–Crippen MR) is 104 cm³/mol. The van der Waals surface area contributed by atoms with Crippen LogP contribution in [0, 0.1) is 0 Å². The zero-order valence-electron chi connectivity index (χ0n) is 14.2. The molecule has 0 aliphatic carbocycles. The van der Waals surface area contributed by atoms with Gasteiger partial charge < -0.3 is 9.30 Å². The molecule has 4 aromatic rings. The van der Waals surface area contributed by atoms with Crippen LogP contribution in [0.4, 0.5) is 5.95 Å². The number of fused-ring (bicyclic) bond motifs is 1. The number of ether oxygens (including phenoxy) is 1. The van der Waals surface area contributed by atoms with Crippen molar-refractivity contribution in [3.8, 4) is 5.75 Å². The first kappa shape index (κ1) is 16.4. The van der Waals surface area contributed by atoms with Crippen molar-refractivity contribution in [3.63, 3.8) is 0 Å². The average Bonchev–Trinajstić information content (AvgIpc) is 3.27. The fourth-order valence-corrected chi connectivity index (χ4v) is 3.47. The average molecular weight is 363 g/mol. The number of para-hydroxylation sites is 3. The van der Waals surface area contributed by atoms with Gasteiger partial charge >= 0.3 is 0 Å². The molecule has 1 amide bonds. The summed E-state index contributed by atoms with van der Waals surface area (Å²) in [5, 5.41) is 4.82. The molecule has 0 aliphatic rings. The van der Waals surface area contributed by atoms with Crippen molar-refractivity contribution in [2.24, 2.45) is 7.05 Å². The minimum Gasteiger partial charge on any atom is -0.489 e. The lowest BCUT2D eigenvalue weighted by Gasteiger charge is -2.04. The van der Waals surface area contributed by atoms with Gasteiger partial charge in [0.05, 0.1) is 15.9 Å². The number of amides is 1. The van der Waals surface area contributed by atoms with Crippen molar-refractivity contribution in [1.82, 2.24) is 9.55 Å². The van der Waals surface area contributed by atoms with Crippen molar-refractivity contribution in [2.45, 2.75) is 6.61 Å². The maximum atomic E-state index is 12.5. The number of carbonyl (C=O) groups excluding carboxylic acids is 1. The van der Waals surface area contributed by atoms with Gasteiger partial charge in [-0.05, 0) is 35.7 Å². The van der Waals surface area contributed by atoms with E-state index in [1.165, 1.54) is 11.3 Å². The molecule has 4 rings (SSSR count). The molecule has 0 atom stereocenters. The smallest absolute Gasteiger partial charge is 0.268 e. The largest absolute Gasteiger partial charge is 0.489 e. The normalized spacial score (nSPS) is 10.8. The number of aromatic nitrogens is 2. The Bertz CT molecular complexity index is 1050. The van der Waals surface area contributed by atoms with Crippen molar-refractivity contribution in [3.05, 3.63) is 76.5 Å². The molecule has 2 heterocycles. The number of carbonyl (C=O) groups is 1. The molecule has 1 N–H and O–H groups in total. The van der Waals surface area contributed by atoms with Gasteiger partial charge in [0.15, 0.2) is 0 Å². The highest BCUT2D eigenvalue weighted by Crippen LogP contribution is 2.21. The highest BCUT2D eigenvalue weighted by Gasteiger charge is 2.14. The number of benzene rings is 2. The number of aryl methyl sites for hydroxylation is 1. The Hall–Kier alpha value is -3.12. The molecular weight excluding hydrogens is 346 g/mol. The van der Waals surface area contributed by atoms with Crippen LogP contribution in [0.15, 0.2) is 66.0 Å². The summed E-state index contributed by atoms with van der Waals surface area (Å²) in [4.78, 5) is 17.6. The summed E-state index contributed by atoms with van der Waals surface area (Å²) in [5.41, 5.74) is 2.80. The van der Waals surface area contributed by atoms with Crippen molar-refractivity contribution < 1.29 is 9.53 Å². The van der Waals surface area contributed by atoms with Crippen LogP contribution in [0.3, 0.4) is 0 Å². The summed E-state index contributed by atoms with van der Waals surface area (Å²) < 4.78 is 7.60. The van der Waals surface area contributed by atoms with Crippen LogP contribution in [0.1, 0.15) is 15.2 Å². The Labute approximate surface area is 154 Å². The van der Waals surface area contributed by atoms with E-state index < -0.39 is 0 Å². The highest BCUT2D eigenvalue weighted by atomic mass is 32.1. The predicted octanol–water partition coefficient (Wildman–Crippen LogP) is 4.47. The number of rotatable bonds is 5. The monoisotopic (exact) mass is 363 g/mol. The first-order valence-corrected chi connectivity index (χ1v) is 9.07. The SMILES string of the molecule is Cn1c(NC(=O)c2cc(COc3ccccc3)cs2)nc2ccccc21. The van der Waals surface area contributed by atoms with Crippen LogP contribution < -0.4 is 10.1 Å². The zero-order valence-corrected chi connectivity index (χ0v) is 15.0. The second-order valence-electron chi connectivity index (χ2n) is 5.86. The lowest BCUT2D eigenvalue weighted by Crippen LogP contribution is -2.13. The van der Waals surface area contributed by atoms with Crippen LogP contribution in [-0.2, 0) is 13.7 Å². The third-order valence-electron chi connectivity index (χ3n) is 4.04. The van der Waals surface area contributed by atoms with E-state index in [1.54, 1.807) is 0 Å².